The average Bonchev–Trinajstić information content (AvgIpc) is 3.02. The van der Waals surface area contributed by atoms with E-state index in [2.05, 4.69) is 29.4 Å². The van der Waals surface area contributed by atoms with Crippen LogP contribution in [0.5, 0.6) is 0 Å². The highest BCUT2D eigenvalue weighted by Gasteiger charge is 2.36. The van der Waals surface area contributed by atoms with Crippen molar-refractivity contribution in [2.45, 2.75) is 22.7 Å². The van der Waals surface area contributed by atoms with Gasteiger partial charge in [-0.25, -0.2) is 37.9 Å². The summed E-state index contributed by atoms with van der Waals surface area (Å²) in [6.45, 7) is 0. The van der Waals surface area contributed by atoms with E-state index in [1.807, 2.05) is 0 Å². The smallest absolute Gasteiger partial charge is 0.433 e. The molecule has 0 fully saturated rings. The number of nitrogens with zero attached hydrogens (tertiary/aromatic N) is 4. The number of hydrogen-bond donors (Lipinski definition) is 0. The second kappa shape index (κ2) is 14.3. The van der Waals surface area contributed by atoms with E-state index >= 15 is 0 Å². The summed E-state index contributed by atoms with van der Waals surface area (Å²) in [6, 6.07) is 12.8. The standard InChI is InChI=1S/C14H11F3N2O4S.C14H11F3N2O3S/c1-23-12(20)9-6-4-3-5-8(9)10-7-11(14(15,16)17)19-13(18-10)24(2,21)22;1-22-12(20)9-6-4-3-5-8(9)10-7-11(14(15,16)17)19-13(18-10)23(2)21/h3-7H,1-2H3;3-7H,1-2H3. The van der Waals surface area contributed by atoms with E-state index in [0.29, 0.717) is 18.4 Å². The van der Waals surface area contributed by atoms with Crippen molar-refractivity contribution < 1.29 is 58.0 Å². The first-order chi connectivity index (χ1) is 21.8. The first kappa shape index (κ1) is 36.7. The number of carbonyl (C=O) groups excluding carboxylic acids is 2. The highest BCUT2D eigenvalue weighted by atomic mass is 32.2. The Morgan fingerprint density at radius 2 is 1.11 bits per heavy atom. The molecule has 1 atom stereocenters. The van der Waals surface area contributed by atoms with Gasteiger partial charge in [0.05, 0.1) is 47.5 Å². The fourth-order valence-corrected chi connectivity index (χ4v) is 4.68. The van der Waals surface area contributed by atoms with Crippen molar-refractivity contribution in [2.24, 2.45) is 0 Å². The monoisotopic (exact) mass is 704 g/mol. The maximum atomic E-state index is 13.0. The van der Waals surface area contributed by atoms with Crippen LogP contribution in [-0.2, 0) is 42.5 Å². The molecule has 4 rings (SSSR count). The van der Waals surface area contributed by atoms with Gasteiger partial charge in [0, 0.05) is 23.6 Å². The van der Waals surface area contributed by atoms with Crippen LogP contribution < -0.4 is 0 Å². The number of ether oxygens (including phenoxy) is 2. The third-order valence-electron chi connectivity index (χ3n) is 5.80. The van der Waals surface area contributed by atoms with E-state index in [1.54, 1.807) is 12.1 Å². The zero-order valence-corrected chi connectivity index (χ0v) is 26.1. The van der Waals surface area contributed by atoms with Gasteiger partial charge in [0.25, 0.3) is 0 Å². The molecule has 1 unspecified atom stereocenters. The van der Waals surface area contributed by atoms with Crippen molar-refractivity contribution in [1.82, 2.24) is 19.9 Å². The molecule has 0 saturated carbocycles. The van der Waals surface area contributed by atoms with E-state index in [0.717, 1.165) is 14.2 Å². The number of alkyl halides is 6. The third-order valence-corrected chi connectivity index (χ3v) is 7.34. The lowest BCUT2D eigenvalue weighted by atomic mass is 10.0. The van der Waals surface area contributed by atoms with Crippen LogP contribution in [-0.4, -0.2) is 71.2 Å². The van der Waals surface area contributed by atoms with Crippen LogP contribution in [0.3, 0.4) is 0 Å². The van der Waals surface area contributed by atoms with Gasteiger partial charge in [-0.15, -0.1) is 0 Å². The Bertz CT molecular complexity index is 1950. The maximum absolute atomic E-state index is 13.0. The molecule has 0 aliphatic carbocycles. The number of sulfone groups is 1. The number of hydrogen-bond acceptors (Lipinski definition) is 11. The van der Waals surface area contributed by atoms with E-state index in [1.165, 1.54) is 42.7 Å². The van der Waals surface area contributed by atoms with Crippen LogP contribution in [0.4, 0.5) is 26.3 Å². The molecule has 2 heterocycles. The highest BCUT2D eigenvalue weighted by molar-refractivity contribution is 7.90. The molecular weight excluding hydrogens is 682 g/mol. The summed E-state index contributed by atoms with van der Waals surface area (Å²) in [5.74, 6) is -1.51. The largest absolute Gasteiger partial charge is 0.465 e. The summed E-state index contributed by atoms with van der Waals surface area (Å²) in [5.41, 5.74) is -3.01. The summed E-state index contributed by atoms with van der Waals surface area (Å²) in [5, 5.41) is -1.44. The van der Waals surface area contributed by atoms with Crippen LogP contribution in [0.15, 0.2) is 71.0 Å². The predicted octanol–water partition coefficient (Wildman–Crippen LogP) is 5.04. The molecule has 11 nitrogen and oxygen atoms in total. The van der Waals surface area contributed by atoms with Crippen molar-refractivity contribution in [1.29, 1.82) is 0 Å². The van der Waals surface area contributed by atoms with Crippen LogP contribution in [0, 0.1) is 0 Å². The summed E-state index contributed by atoms with van der Waals surface area (Å²) >= 11 is 0. The van der Waals surface area contributed by atoms with Crippen LogP contribution in [0.1, 0.15) is 32.1 Å². The van der Waals surface area contributed by atoms with Gasteiger partial charge in [-0.1, -0.05) is 36.4 Å². The van der Waals surface area contributed by atoms with Gasteiger partial charge >= 0.3 is 24.3 Å². The number of methoxy groups -OCH3 is 2. The number of esters is 2. The van der Waals surface area contributed by atoms with Gasteiger partial charge in [0.15, 0.2) is 0 Å². The SMILES string of the molecule is COC(=O)c1ccccc1-c1cc(C(F)(F)F)nc(S(C)(=O)=O)n1.COC(=O)c1ccccc1-c1cc(C(F)(F)F)nc(S(C)=O)n1. The van der Waals surface area contributed by atoms with Crippen molar-refractivity contribution in [2.75, 3.05) is 26.7 Å². The number of aromatic nitrogens is 4. The number of carbonyl (C=O) groups is 2. The Hall–Kier alpha value is -4.78. The Morgan fingerprint density at radius 1 is 0.702 bits per heavy atom. The van der Waals surface area contributed by atoms with Gasteiger partial charge in [-0.3, -0.25) is 4.21 Å². The predicted molar refractivity (Wildman–Crippen MR) is 153 cm³/mol. The van der Waals surface area contributed by atoms with Crippen molar-refractivity contribution >= 4 is 32.6 Å². The Morgan fingerprint density at radius 3 is 1.49 bits per heavy atom. The molecule has 47 heavy (non-hydrogen) atoms. The van der Waals surface area contributed by atoms with Gasteiger partial charge in [0.2, 0.25) is 20.2 Å². The average molecular weight is 705 g/mol. The summed E-state index contributed by atoms with van der Waals surface area (Å²) in [6.07, 6.45) is -7.74. The fourth-order valence-electron chi connectivity index (χ4n) is 3.70. The molecule has 2 aromatic heterocycles. The molecule has 0 N–H and O–H groups in total. The Balaban J connectivity index is 0.000000256. The van der Waals surface area contributed by atoms with Gasteiger partial charge in [-0.05, 0) is 24.3 Å². The van der Waals surface area contributed by atoms with E-state index < -0.39 is 66.6 Å². The minimum Gasteiger partial charge on any atom is -0.465 e. The molecular formula is C28H22F6N4O7S2. The number of benzene rings is 2. The molecule has 0 saturated heterocycles. The zero-order valence-electron chi connectivity index (χ0n) is 24.5. The second-order valence-corrected chi connectivity index (χ2v) is 12.3. The van der Waals surface area contributed by atoms with Crippen molar-refractivity contribution in [3.63, 3.8) is 0 Å². The van der Waals surface area contributed by atoms with Gasteiger partial charge in [0.1, 0.15) is 11.4 Å². The third kappa shape index (κ3) is 9.16. The molecule has 0 bridgehead atoms. The van der Waals surface area contributed by atoms with Gasteiger partial charge in [-0.2, -0.15) is 26.3 Å². The molecule has 4 aromatic rings. The maximum Gasteiger partial charge on any atom is 0.433 e. The highest BCUT2D eigenvalue weighted by Crippen LogP contribution is 2.33. The quantitative estimate of drug-likeness (QED) is 0.151. The van der Waals surface area contributed by atoms with Crippen molar-refractivity contribution in [3.05, 3.63) is 83.2 Å². The lowest BCUT2D eigenvalue weighted by Gasteiger charge is -2.11. The lowest BCUT2D eigenvalue weighted by molar-refractivity contribution is -0.142. The molecule has 0 radical (unpaired) electrons. The van der Waals surface area contributed by atoms with E-state index in [-0.39, 0.29) is 33.6 Å². The van der Waals surface area contributed by atoms with Crippen LogP contribution in [0.2, 0.25) is 0 Å². The lowest BCUT2D eigenvalue weighted by Crippen LogP contribution is -2.14. The molecule has 19 heteroatoms. The molecule has 250 valence electrons. The summed E-state index contributed by atoms with van der Waals surface area (Å²) in [4.78, 5) is 37.4. The van der Waals surface area contributed by atoms with Crippen LogP contribution >= 0.6 is 0 Å². The molecule has 0 aliphatic heterocycles. The first-order valence-electron chi connectivity index (χ1n) is 12.6. The topological polar surface area (TPSA) is 155 Å². The number of rotatable bonds is 6. The Kier molecular flexibility index (Phi) is 11.2. The summed E-state index contributed by atoms with van der Waals surface area (Å²) < 4.78 is 122. The van der Waals surface area contributed by atoms with E-state index in [9.17, 15) is 48.6 Å². The summed E-state index contributed by atoms with van der Waals surface area (Å²) in [7, 11) is -3.64. The number of halogens is 6. The van der Waals surface area contributed by atoms with E-state index in [4.69, 9.17) is 0 Å². The molecule has 2 aromatic carbocycles. The molecule has 0 amide bonds. The fraction of sp³-hybridized carbons (Fsp3) is 0.214. The second-order valence-electron chi connectivity index (χ2n) is 9.14. The molecule has 0 spiro atoms. The molecule has 0 aliphatic rings. The minimum absolute atomic E-state index is 0.00199. The first-order valence-corrected chi connectivity index (χ1v) is 16.0. The Labute approximate surface area is 265 Å². The normalized spacial score (nSPS) is 12.4. The van der Waals surface area contributed by atoms with Gasteiger partial charge < -0.3 is 9.47 Å². The van der Waals surface area contributed by atoms with Crippen LogP contribution in [0.25, 0.3) is 22.5 Å². The zero-order chi connectivity index (χ0) is 35.3. The minimum atomic E-state index is -4.88. The van der Waals surface area contributed by atoms with Crippen molar-refractivity contribution in [3.8, 4) is 22.5 Å².